The van der Waals surface area contributed by atoms with E-state index in [1.54, 1.807) is 11.8 Å². The van der Waals surface area contributed by atoms with E-state index in [0.29, 0.717) is 0 Å². The van der Waals surface area contributed by atoms with Crippen molar-refractivity contribution in [2.75, 3.05) is 0 Å². The highest BCUT2D eigenvalue weighted by Gasteiger charge is 2.02. The van der Waals surface area contributed by atoms with Crippen LogP contribution < -0.4 is 0 Å². The molecule has 1 N–H and O–H groups in total. The number of thioether (sulfide) groups is 1. The van der Waals surface area contributed by atoms with E-state index < -0.39 is 0 Å². The minimum atomic E-state index is 0.816. The highest BCUT2D eigenvalue weighted by molar-refractivity contribution is 7.98. The lowest BCUT2D eigenvalue weighted by atomic mass is 10.1. The Balaban J connectivity index is 2.04. The summed E-state index contributed by atoms with van der Waals surface area (Å²) in [4.78, 5) is 4.27. The molecule has 0 saturated carbocycles. The predicted molar refractivity (Wildman–Crippen MR) is 66.6 cm³/mol. The number of hydrogen-bond donors (Lipinski definition) is 1. The van der Waals surface area contributed by atoms with Gasteiger partial charge in [0.2, 0.25) is 5.16 Å². The fraction of sp³-hybridized carbons (Fsp3) is 0.333. The topological polar surface area (TPSA) is 41.6 Å². The lowest BCUT2D eigenvalue weighted by Gasteiger charge is -2.02. The summed E-state index contributed by atoms with van der Waals surface area (Å²) in [5.41, 5.74) is 3.94. The monoisotopic (exact) mass is 233 g/mol. The quantitative estimate of drug-likeness (QED) is 0.828. The molecule has 84 valence electrons. The van der Waals surface area contributed by atoms with Crippen molar-refractivity contribution in [2.24, 2.45) is 0 Å². The first kappa shape index (κ1) is 11.2. The Morgan fingerprint density at radius 1 is 1.12 bits per heavy atom. The normalized spacial score (nSPS) is 10.7. The van der Waals surface area contributed by atoms with Gasteiger partial charge < -0.3 is 0 Å². The van der Waals surface area contributed by atoms with Crippen LogP contribution in [0.15, 0.2) is 23.4 Å². The molecule has 0 unspecified atom stereocenters. The molecule has 1 aromatic carbocycles. The average molecular weight is 233 g/mol. The fourth-order valence-corrected chi connectivity index (χ4v) is 2.46. The third kappa shape index (κ3) is 2.85. The second-order valence-electron chi connectivity index (χ2n) is 3.99. The van der Waals surface area contributed by atoms with Crippen LogP contribution in [0.4, 0.5) is 0 Å². The zero-order chi connectivity index (χ0) is 11.5. The van der Waals surface area contributed by atoms with E-state index in [1.807, 2.05) is 6.92 Å². The van der Waals surface area contributed by atoms with Crippen LogP contribution in [-0.4, -0.2) is 15.2 Å². The summed E-state index contributed by atoms with van der Waals surface area (Å²) >= 11 is 1.66. The molecule has 2 rings (SSSR count). The third-order valence-electron chi connectivity index (χ3n) is 2.23. The van der Waals surface area contributed by atoms with E-state index in [9.17, 15) is 0 Å². The molecule has 0 spiro atoms. The van der Waals surface area contributed by atoms with Crippen molar-refractivity contribution >= 4 is 11.8 Å². The summed E-state index contributed by atoms with van der Waals surface area (Å²) in [5, 5.41) is 7.76. The number of hydrogen-bond acceptors (Lipinski definition) is 3. The Morgan fingerprint density at radius 3 is 2.38 bits per heavy atom. The van der Waals surface area contributed by atoms with Crippen LogP contribution in [0.3, 0.4) is 0 Å². The molecule has 0 aliphatic rings. The number of rotatable bonds is 3. The van der Waals surface area contributed by atoms with Crippen molar-refractivity contribution in [3.8, 4) is 0 Å². The van der Waals surface area contributed by atoms with Crippen molar-refractivity contribution in [1.82, 2.24) is 15.2 Å². The van der Waals surface area contributed by atoms with Gasteiger partial charge in [0.1, 0.15) is 5.82 Å². The Kier molecular flexibility index (Phi) is 3.29. The molecule has 0 saturated heterocycles. The van der Waals surface area contributed by atoms with Crippen LogP contribution in [0.5, 0.6) is 0 Å². The molecule has 0 amide bonds. The minimum absolute atomic E-state index is 0.816. The lowest BCUT2D eigenvalue weighted by Crippen LogP contribution is -1.86. The first-order valence-electron chi connectivity index (χ1n) is 5.22. The molecule has 0 aliphatic heterocycles. The summed E-state index contributed by atoms with van der Waals surface area (Å²) in [5.74, 6) is 1.78. The molecular formula is C12H15N3S. The Hall–Kier alpha value is -1.29. The van der Waals surface area contributed by atoms with Gasteiger partial charge in [-0.15, -0.1) is 5.10 Å². The van der Waals surface area contributed by atoms with Crippen molar-refractivity contribution < 1.29 is 0 Å². The lowest BCUT2D eigenvalue weighted by molar-refractivity contribution is 0.969. The number of benzene rings is 1. The summed E-state index contributed by atoms with van der Waals surface area (Å²) < 4.78 is 0. The van der Waals surface area contributed by atoms with Crippen molar-refractivity contribution in [3.63, 3.8) is 0 Å². The van der Waals surface area contributed by atoms with Gasteiger partial charge >= 0.3 is 0 Å². The van der Waals surface area contributed by atoms with Crippen molar-refractivity contribution in [3.05, 3.63) is 40.7 Å². The average Bonchev–Trinajstić information content (AvgIpc) is 2.60. The van der Waals surface area contributed by atoms with Crippen LogP contribution in [0.1, 0.15) is 22.5 Å². The number of aromatic nitrogens is 3. The largest absolute Gasteiger partial charge is 0.262 e. The molecule has 0 aliphatic carbocycles. The molecule has 2 aromatic rings. The first-order valence-corrected chi connectivity index (χ1v) is 6.21. The second kappa shape index (κ2) is 4.70. The smallest absolute Gasteiger partial charge is 0.208 e. The molecular weight excluding hydrogens is 218 g/mol. The van der Waals surface area contributed by atoms with Crippen LogP contribution in [0, 0.1) is 20.8 Å². The summed E-state index contributed by atoms with van der Waals surface area (Å²) in [7, 11) is 0. The number of nitrogens with one attached hydrogen (secondary N) is 1. The van der Waals surface area contributed by atoms with E-state index >= 15 is 0 Å². The van der Waals surface area contributed by atoms with Crippen LogP contribution in [0.2, 0.25) is 0 Å². The molecule has 16 heavy (non-hydrogen) atoms. The third-order valence-corrected chi connectivity index (χ3v) is 3.14. The zero-order valence-corrected chi connectivity index (χ0v) is 10.6. The maximum atomic E-state index is 4.27. The van der Waals surface area contributed by atoms with Gasteiger partial charge in [-0.1, -0.05) is 41.1 Å². The highest BCUT2D eigenvalue weighted by Crippen LogP contribution is 2.20. The van der Waals surface area contributed by atoms with Gasteiger partial charge in [0.15, 0.2) is 0 Å². The number of aromatic amines is 1. The molecule has 1 aromatic heterocycles. The van der Waals surface area contributed by atoms with E-state index in [0.717, 1.165) is 16.7 Å². The van der Waals surface area contributed by atoms with Gasteiger partial charge in [-0.3, -0.25) is 5.10 Å². The maximum Gasteiger partial charge on any atom is 0.208 e. The Morgan fingerprint density at radius 2 is 1.81 bits per heavy atom. The van der Waals surface area contributed by atoms with Crippen molar-refractivity contribution in [1.29, 1.82) is 0 Å². The first-order chi connectivity index (χ1) is 7.63. The summed E-state index contributed by atoms with van der Waals surface area (Å²) in [6.07, 6.45) is 0. The van der Waals surface area contributed by atoms with E-state index in [4.69, 9.17) is 0 Å². The van der Waals surface area contributed by atoms with Crippen LogP contribution in [-0.2, 0) is 5.75 Å². The fourth-order valence-electron chi connectivity index (χ4n) is 1.69. The summed E-state index contributed by atoms with van der Waals surface area (Å²) in [6, 6.07) is 6.60. The SMILES string of the molecule is Cc1cc(C)cc(CSc2n[nH]c(C)n2)c1. The number of nitrogens with zero attached hydrogens (tertiary/aromatic N) is 2. The van der Waals surface area contributed by atoms with Gasteiger partial charge in [-0.25, -0.2) is 4.98 Å². The van der Waals surface area contributed by atoms with E-state index in [2.05, 4.69) is 47.2 Å². The molecule has 0 bridgehead atoms. The molecule has 3 nitrogen and oxygen atoms in total. The molecule has 0 fully saturated rings. The minimum Gasteiger partial charge on any atom is -0.262 e. The van der Waals surface area contributed by atoms with E-state index in [1.165, 1.54) is 16.7 Å². The maximum absolute atomic E-state index is 4.27. The molecule has 0 radical (unpaired) electrons. The van der Waals surface area contributed by atoms with Gasteiger partial charge in [0.25, 0.3) is 0 Å². The molecule has 1 heterocycles. The van der Waals surface area contributed by atoms with E-state index in [-0.39, 0.29) is 0 Å². The van der Waals surface area contributed by atoms with Crippen molar-refractivity contribution in [2.45, 2.75) is 31.7 Å². The van der Waals surface area contributed by atoms with Gasteiger partial charge in [0, 0.05) is 5.75 Å². The predicted octanol–water partition coefficient (Wildman–Crippen LogP) is 3.02. The molecule has 4 heteroatoms. The number of H-pyrrole nitrogens is 1. The van der Waals surface area contributed by atoms with Gasteiger partial charge in [-0.05, 0) is 26.3 Å². The van der Waals surface area contributed by atoms with Crippen LogP contribution in [0.25, 0.3) is 0 Å². The van der Waals surface area contributed by atoms with Gasteiger partial charge in [0.05, 0.1) is 0 Å². The van der Waals surface area contributed by atoms with Crippen LogP contribution >= 0.6 is 11.8 Å². The van der Waals surface area contributed by atoms with Gasteiger partial charge in [-0.2, -0.15) is 0 Å². The summed E-state index contributed by atoms with van der Waals surface area (Å²) in [6.45, 7) is 6.16. The standard InChI is InChI=1S/C12H15N3S/c1-8-4-9(2)6-11(5-8)7-16-12-13-10(3)14-15-12/h4-6H,7H2,1-3H3,(H,13,14,15). The number of aryl methyl sites for hydroxylation is 3. The Bertz CT molecular complexity index is 471. The highest BCUT2D eigenvalue weighted by atomic mass is 32.2. The Labute approximate surface area is 99.7 Å². The second-order valence-corrected chi connectivity index (χ2v) is 4.93. The molecule has 0 atom stereocenters. The zero-order valence-electron chi connectivity index (χ0n) is 9.74.